The molecule has 0 spiro atoms. The van der Waals surface area contributed by atoms with E-state index in [4.69, 9.17) is 9.47 Å². The normalized spacial score (nSPS) is 21.8. The molecule has 3 rings (SSSR count). The minimum Gasteiger partial charge on any atom is -0.490 e. The third kappa shape index (κ3) is 3.62. The number of hydrogen-bond donors (Lipinski definition) is 1. The summed E-state index contributed by atoms with van der Waals surface area (Å²) >= 11 is 5.66. The van der Waals surface area contributed by atoms with Crippen LogP contribution in [0, 0.1) is 5.92 Å². The number of rotatable bonds is 4. The van der Waals surface area contributed by atoms with Crippen molar-refractivity contribution in [3.63, 3.8) is 0 Å². The van der Waals surface area contributed by atoms with Crippen LogP contribution in [0.1, 0.15) is 18.4 Å². The summed E-state index contributed by atoms with van der Waals surface area (Å²) in [7, 11) is 0. The van der Waals surface area contributed by atoms with Crippen molar-refractivity contribution in [3.8, 4) is 11.5 Å². The summed E-state index contributed by atoms with van der Waals surface area (Å²) in [6.45, 7) is 3.45. The third-order valence-electron chi connectivity index (χ3n) is 3.65. The molecule has 1 aromatic carbocycles. The summed E-state index contributed by atoms with van der Waals surface area (Å²) in [5, 5.41) is 3.56. The van der Waals surface area contributed by atoms with Crippen molar-refractivity contribution in [2.24, 2.45) is 5.92 Å². The van der Waals surface area contributed by atoms with Crippen molar-refractivity contribution in [1.82, 2.24) is 5.32 Å². The Labute approximate surface area is 132 Å². The second-order valence-electron chi connectivity index (χ2n) is 5.32. The molecule has 1 aromatic rings. The minimum absolute atomic E-state index is 0.725. The highest BCUT2D eigenvalue weighted by atomic mass is 79.9. The van der Waals surface area contributed by atoms with E-state index in [1.54, 1.807) is 0 Å². The maximum Gasteiger partial charge on any atom is 0.175 e. The molecule has 0 saturated carbocycles. The van der Waals surface area contributed by atoms with Crippen LogP contribution in [0.2, 0.25) is 0 Å². The molecule has 3 nitrogen and oxygen atoms in total. The Morgan fingerprint density at radius 3 is 3.05 bits per heavy atom. The molecular weight excluding hydrogens is 338 g/mol. The van der Waals surface area contributed by atoms with Crippen molar-refractivity contribution < 1.29 is 9.47 Å². The van der Waals surface area contributed by atoms with E-state index in [9.17, 15) is 0 Å². The van der Waals surface area contributed by atoms with Gasteiger partial charge in [0.25, 0.3) is 0 Å². The molecular formula is C15H20BrNO2S. The molecule has 110 valence electrons. The number of fused-ring (bicyclic) bond motifs is 1. The standard InChI is InChI=1S/C15H20BrNO2S/c16-13-6-12(9-17-8-11-2-5-20-10-11)7-14-15(13)19-4-1-3-18-14/h6-7,11,17H,1-5,8-10H2. The Morgan fingerprint density at radius 2 is 2.20 bits per heavy atom. The Balaban J connectivity index is 1.61. The van der Waals surface area contributed by atoms with Crippen LogP contribution in [-0.4, -0.2) is 31.3 Å². The summed E-state index contributed by atoms with van der Waals surface area (Å²) < 4.78 is 12.5. The first-order valence-corrected chi connectivity index (χ1v) is 9.14. The van der Waals surface area contributed by atoms with Crippen LogP contribution in [0.25, 0.3) is 0 Å². The third-order valence-corrected chi connectivity index (χ3v) is 5.47. The molecule has 1 N–H and O–H groups in total. The molecule has 1 atom stereocenters. The lowest BCUT2D eigenvalue weighted by atomic mass is 10.1. The quantitative estimate of drug-likeness (QED) is 0.893. The van der Waals surface area contributed by atoms with Gasteiger partial charge in [-0.05, 0) is 64.0 Å². The molecule has 0 radical (unpaired) electrons. The van der Waals surface area contributed by atoms with E-state index >= 15 is 0 Å². The average molecular weight is 358 g/mol. The zero-order chi connectivity index (χ0) is 13.8. The summed E-state index contributed by atoms with van der Waals surface area (Å²) in [5.74, 6) is 5.17. The fourth-order valence-corrected chi connectivity index (χ4v) is 4.44. The van der Waals surface area contributed by atoms with Crippen LogP contribution >= 0.6 is 27.7 Å². The predicted molar refractivity (Wildman–Crippen MR) is 86.9 cm³/mol. The molecule has 5 heteroatoms. The Morgan fingerprint density at radius 1 is 1.30 bits per heavy atom. The number of thioether (sulfide) groups is 1. The first-order valence-electron chi connectivity index (χ1n) is 7.19. The maximum absolute atomic E-state index is 5.76. The van der Waals surface area contributed by atoms with Gasteiger partial charge in [-0.15, -0.1) is 0 Å². The minimum atomic E-state index is 0.725. The van der Waals surface area contributed by atoms with Gasteiger partial charge in [0.05, 0.1) is 17.7 Å². The van der Waals surface area contributed by atoms with E-state index in [1.165, 1.54) is 23.5 Å². The summed E-state index contributed by atoms with van der Waals surface area (Å²) in [6, 6.07) is 4.23. The van der Waals surface area contributed by atoms with Crippen LogP contribution in [0.15, 0.2) is 16.6 Å². The Hall–Kier alpha value is -0.390. The van der Waals surface area contributed by atoms with Crippen LogP contribution in [0.4, 0.5) is 0 Å². The smallest absolute Gasteiger partial charge is 0.175 e. The molecule has 0 amide bonds. The summed E-state index contributed by atoms with van der Waals surface area (Å²) in [5.41, 5.74) is 1.24. The first-order chi connectivity index (χ1) is 9.83. The van der Waals surface area contributed by atoms with Crippen LogP contribution in [0.5, 0.6) is 11.5 Å². The highest BCUT2D eigenvalue weighted by Crippen LogP contribution is 2.38. The van der Waals surface area contributed by atoms with Crippen molar-refractivity contribution in [2.75, 3.05) is 31.3 Å². The predicted octanol–water partition coefficient (Wildman–Crippen LogP) is 3.45. The van der Waals surface area contributed by atoms with Crippen molar-refractivity contribution >= 4 is 27.7 Å². The molecule has 2 aliphatic heterocycles. The lowest BCUT2D eigenvalue weighted by molar-refractivity contribution is 0.296. The molecule has 0 bridgehead atoms. The molecule has 0 aromatic heterocycles. The van der Waals surface area contributed by atoms with Crippen LogP contribution in [0.3, 0.4) is 0 Å². The van der Waals surface area contributed by atoms with E-state index < -0.39 is 0 Å². The van der Waals surface area contributed by atoms with Gasteiger partial charge in [-0.3, -0.25) is 0 Å². The number of ether oxygens (including phenoxy) is 2. The second kappa shape index (κ2) is 7.05. The van der Waals surface area contributed by atoms with E-state index in [0.29, 0.717) is 0 Å². The van der Waals surface area contributed by atoms with Gasteiger partial charge in [-0.25, -0.2) is 0 Å². The van der Waals surface area contributed by atoms with Gasteiger partial charge in [-0.2, -0.15) is 11.8 Å². The highest BCUT2D eigenvalue weighted by molar-refractivity contribution is 9.10. The molecule has 20 heavy (non-hydrogen) atoms. The van der Waals surface area contributed by atoms with E-state index in [0.717, 1.165) is 54.6 Å². The Bertz CT molecular complexity index is 463. The summed E-state index contributed by atoms with van der Waals surface area (Å²) in [4.78, 5) is 0. The number of hydrogen-bond acceptors (Lipinski definition) is 4. The monoisotopic (exact) mass is 357 g/mol. The highest BCUT2D eigenvalue weighted by Gasteiger charge is 2.17. The van der Waals surface area contributed by atoms with Crippen molar-refractivity contribution in [2.45, 2.75) is 19.4 Å². The van der Waals surface area contributed by atoms with Gasteiger partial charge >= 0.3 is 0 Å². The van der Waals surface area contributed by atoms with E-state index in [-0.39, 0.29) is 0 Å². The fraction of sp³-hybridized carbons (Fsp3) is 0.600. The zero-order valence-electron chi connectivity index (χ0n) is 11.5. The van der Waals surface area contributed by atoms with Gasteiger partial charge in [0, 0.05) is 13.0 Å². The van der Waals surface area contributed by atoms with E-state index in [2.05, 4.69) is 45.1 Å². The molecule has 1 unspecified atom stereocenters. The average Bonchev–Trinajstić information content (AvgIpc) is 2.83. The second-order valence-corrected chi connectivity index (χ2v) is 7.32. The van der Waals surface area contributed by atoms with Crippen LogP contribution < -0.4 is 14.8 Å². The maximum atomic E-state index is 5.76. The van der Waals surface area contributed by atoms with Gasteiger partial charge in [0.1, 0.15) is 0 Å². The van der Waals surface area contributed by atoms with Crippen molar-refractivity contribution in [3.05, 3.63) is 22.2 Å². The number of benzene rings is 1. The molecule has 1 fully saturated rings. The van der Waals surface area contributed by atoms with E-state index in [1.807, 2.05) is 0 Å². The number of halogens is 1. The Kier molecular flexibility index (Phi) is 5.13. The lowest BCUT2D eigenvalue weighted by Gasteiger charge is -2.13. The molecule has 1 saturated heterocycles. The largest absolute Gasteiger partial charge is 0.490 e. The number of nitrogens with one attached hydrogen (secondary N) is 1. The topological polar surface area (TPSA) is 30.5 Å². The zero-order valence-corrected chi connectivity index (χ0v) is 13.9. The SMILES string of the molecule is Brc1cc(CNCC2CCSC2)cc2c1OCCCO2. The molecule has 0 aliphatic carbocycles. The molecule has 2 heterocycles. The van der Waals surface area contributed by atoms with Gasteiger partial charge in [0.2, 0.25) is 0 Å². The van der Waals surface area contributed by atoms with Gasteiger partial charge in [0.15, 0.2) is 11.5 Å². The lowest BCUT2D eigenvalue weighted by Crippen LogP contribution is -2.22. The first kappa shape index (κ1) is 14.5. The fourth-order valence-electron chi connectivity index (χ4n) is 2.55. The van der Waals surface area contributed by atoms with Crippen molar-refractivity contribution in [1.29, 1.82) is 0 Å². The van der Waals surface area contributed by atoms with Gasteiger partial charge in [-0.1, -0.05) is 0 Å². The molecule has 2 aliphatic rings. The van der Waals surface area contributed by atoms with Crippen LogP contribution in [-0.2, 0) is 6.54 Å². The van der Waals surface area contributed by atoms with Gasteiger partial charge < -0.3 is 14.8 Å². The summed E-state index contributed by atoms with van der Waals surface area (Å²) in [6.07, 6.45) is 2.29.